The van der Waals surface area contributed by atoms with Crippen molar-refractivity contribution in [3.05, 3.63) is 30.0 Å². The predicted octanol–water partition coefficient (Wildman–Crippen LogP) is 6.06. The number of anilines is 2. The van der Waals surface area contributed by atoms with Crippen LogP contribution < -0.4 is 15.1 Å². The number of amides is 1. The Labute approximate surface area is 245 Å². The van der Waals surface area contributed by atoms with Crippen molar-refractivity contribution in [3.8, 4) is 16.5 Å². The van der Waals surface area contributed by atoms with Crippen LogP contribution >= 0.6 is 21.9 Å². The molecule has 3 N–H and O–H groups in total. The molecule has 8 nitrogen and oxygen atoms in total. The molecule has 2 saturated heterocycles. The van der Waals surface area contributed by atoms with Crippen LogP contribution in [0.15, 0.2) is 24.3 Å². The third kappa shape index (κ3) is 6.19. The summed E-state index contributed by atoms with van der Waals surface area (Å²) < 4.78 is 48.7. The van der Waals surface area contributed by atoms with Gasteiger partial charge < -0.3 is 15.1 Å². The van der Waals surface area contributed by atoms with Crippen molar-refractivity contribution in [1.82, 2.24) is 10.3 Å². The summed E-state index contributed by atoms with van der Waals surface area (Å²) in [5.74, 6) is -2.63. The lowest BCUT2D eigenvalue weighted by atomic mass is 9.76. The van der Waals surface area contributed by atoms with Crippen LogP contribution in [0.2, 0.25) is 0 Å². The minimum atomic E-state index is -2.76. The molecule has 222 valence electrons. The Morgan fingerprint density at radius 1 is 1.05 bits per heavy atom. The van der Waals surface area contributed by atoms with E-state index in [2.05, 4.69) is 16.3 Å². The average molecular weight is 606 g/mol. The molecule has 6 rings (SSSR count). The summed E-state index contributed by atoms with van der Waals surface area (Å²) in [7, 11) is -2.49. The Balaban J connectivity index is 1.32. The van der Waals surface area contributed by atoms with Crippen LogP contribution in [0.3, 0.4) is 0 Å². The number of halogens is 2. The molecular weight excluding hydrogens is 568 g/mol. The summed E-state index contributed by atoms with van der Waals surface area (Å²) in [6.07, 6.45) is 4.99. The number of alkyl halides is 2. The molecule has 0 radical (unpaired) electrons. The SMILES string of the molecule is N#CC1(NC(=O)[C@@H]2CCCC[C@H]2c2nc(N3CCCC(F)(F)C3)sc2-c2ccc(N3CCS(O)(O)CC3)cc2)CC1. The molecule has 1 aromatic carbocycles. The quantitative estimate of drug-likeness (QED) is 0.367. The van der Waals surface area contributed by atoms with Crippen molar-refractivity contribution in [2.24, 2.45) is 5.92 Å². The van der Waals surface area contributed by atoms with Gasteiger partial charge in [0, 0.05) is 43.6 Å². The van der Waals surface area contributed by atoms with Gasteiger partial charge in [-0.15, -0.1) is 0 Å². The minimum absolute atomic E-state index is 0.106. The number of carbonyl (C=O) groups is 1. The van der Waals surface area contributed by atoms with Gasteiger partial charge in [-0.2, -0.15) is 15.9 Å². The maximum Gasteiger partial charge on any atom is 0.265 e. The monoisotopic (exact) mass is 605 g/mol. The van der Waals surface area contributed by atoms with Crippen LogP contribution in [0.4, 0.5) is 19.6 Å². The summed E-state index contributed by atoms with van der Waals surface area (Å²) in [5, 5.41) is 13.1. The number of hydrogen-bond acceptors (Lipinski definition) is 8. The first kappa shape index (κ1) is 28.6. The van der Waals surface area contributed by atoms with E-state index in [0.29, 0.717) is 62.0 Å². The fourth-order valence-corrected chi connectivity index (χ4v) is 8.74. The van der Waals surface area contributed by atoms with Gasteiger partial charge in [0.15, 0.2) is 5.13 Å². The van der Waals surface area contributed by atoms with Gasteiger partial charge in [0.1, 0.15) is 5.54 Å². The molecule has 0 bridgehead atoms. The van der Waals surface area contributed by atoms with E-state index in [1.807, 2.05) is 24.3 Å². The lowest BCUT2D eigenvalue weighted by Gasteiger charge is -2.41. The number of hydrogen-bond donors (Lipinski definition) is 3. The number of carbonyl (C=O) groups excluding carboxylic acids is 1. The highest BCUT2D eigenvalue weighted by Crippen LogP contribution is 2.48. The molecule has 2 aromatic rings. The molecule has 4 fully saturated rings. The van der Waals surface area contributed by atoms with Gasteiger partial charge in [-0.25, -0.2) is 13.8 Å². The lowest BCUT2D eigenvalue weighted by molar-refractivity contribution is -0.127. The zero-order valence-corrected chi connectivity index (χ0v) is 24.7. The van der Waals surface area contributed by atoms with Crippen molar-refractivity contribution in [3.63, 3.8) is 0 Å². The zero-order valence-electron chi connectivity index (χ0n) is 23.0. The number of nitrogens with zero attached hydrogens (tertiary/aromatic N) is 4. The van der Waals surface area contributed by atoms with Crippen molar-refractivity contribution in [2.45, 2.75) is 68.7 Å². The number of nitriles is 1. The van der Waals surface area contributed by atoms with E-state index in [4.69, 9.17) is 4.98 Å². The van der Waals surface area contributed by atoms with Gasteiger partial charge in [0.05, 0.1) is 34.7 Å². The second kappa shape index (κ2) is 11.0. The number of rotatable bonds is 6. The first-order chi connectivity index (χ1) is 19.6. The largest absolute Gasteiger partial charge is 0.368 e. The number of thiazole rings is 1. The summed E-state index contributed by atoms with van der Waals surface area (Å²) >= 11 is 1.42. The number of nitrogens with one attached hydrogen (secondary N) is 1. The Kier molecular flexibility index (Phi) is 7.68. The molecule has 12 heteroatoms. The summed E-state index contributed by atoms with van der Waals surface area (Å²) in [6.45, 7) is 1.31. The molecule has 2 atom stereocenters. The van der Waals surface area contributed by atoms with Gasteiger partial charge in [-0.05, 0) is 49.8 Å². The minimum Gasteiger partial charge on any atom is -0.368 e. The van der Waals surface area contributed by atoms with Crippen LogP contribution in [0.25, 0.3) is 10.4 Å². The maximum absolute atomic E-state index is 14.4. The van der Waals surface area contributed by atoms with Crippen LogP contribution in [-0.2, 0) is 4.79 Å². The third-order valence-electron chi connectivity index (χ3n) is 8.96. The van der Waals surface area contributed by atoms with Gasteiger partial charge in [-0.3, -0.25) is 13.9 Å². The van der Waals surface area contributed by atoms with Gasteiger partial charge >= 0.3 is 0 Å². The molecule has 2 aliphatic heterocycles. The third-order valence-corrected chi connectivity index (χ3v) is 11.8. The predicted molar refractivity (Wildman–Crippen MR) is 159 cm³/mol. The molecular formula is C29H37F2N5O3S2. The van der Waals surface area contributed by atoms with Crippen molar-refractivity contribution in [1.29, 1.82) is 5.26 Å². The molecule has 41 heavy (non-hydrogen) atoms. The second-order valence-electron chi connectivity index (χ2n) is 12.0. The summed E-state index contributed by atoms with van der Waals surface area (Å²) in [4.78, 5) is 23.2. The van der Waals surface area contributed by atoms with Gasteiger partial charge in [0.25, 0.3) is 5.92 Å². The highest BCUT2D eigenvalue weighted by Gasteiger charge is 2.47. The first-order valence-electron chi connectivity index (χ1n) is 14.5. The molecule has 4 aliphatic rings. The van der Waals surface area contributed by atoms with Gasteiger partial charge in [-0.1, -0.05) is 36.3 Å². The number of piperidine rings is 1. The number of benzene rings is 1. The van der Waals surface area contributed by atoms with Crippen molar-refractivity contribution < 1.29 is 22.7 Å². The average Bonchev–Trinajstić information content (AvgIpc) is 3.59. The molecule has 3 heterocycles. The maximum atomic E-state index is 14.4. The van der Waals surface area contributed by atoms with E-state index in [0.717, 1.165) is 41.1 Å². The van der Waals surface area contributed by atoms with E-state index >= 15 is 0 Å². The highest BCUT2D eigenvalue weighted by molar-refractivity contribution is 8.24. The molecule has 1 amide bonds. The van der Waals surface area contributed by atoms with E-state index in [1.165, 1.54) is 11.3 Å². The van der Waals surface area contributed by atoms with Crippen molar-refractivity contribution in [2.75, 3.05) is 47.5 Å². The molecule has 0 spiro atoms. The fraction of sp³-hybridized carbons (Fsp3) is 0.621. The first-order valence-corrected chi connectivity index (χ1v) is 17.2. The smallest absolute Gasteiger partial charge is 0.265 e. The topological polar surface area (TPSA) is 113 Å². The van der Waals surface area contributed by atoms with E-state index in [-0.39, 0.29) is 30.7 Å². The van der Waals surface area contributed by atoms with Gasteiger partial charge in [0.2, 0.25) is 5.91 Å². The summed E-state index contributed by atoms with van der Waals surface area (Å²) in [5.41, 5.74) is 1.97. The zero-order chi connectivity index (χ0) is 28.8. The summed E-state index contributed by atoms with van der Waals surface area (Å²) in [6, 6.07) is 10.3. The normalized spacial score (nSPS) is 27.5. The van der Waals surface area contributed by atoms with E-state index in [1.54, 1.807) is 4.90 Å². The Morgan fingerprint density at radius 2 is 1.76 bits per heavy atom. The Hall–Kier alpha value is -2.46. The van der Waals surface area contributed by atoms with E-state index in [9.17, 15) is 27.9 Å². The second-order valence-corrected chi connectivity index (χ2v) is 15.4. The molecule has 0 unspecified atom stereocenters. The lowest BCUT2D eigenvalue weighted by Crippen LogP contribution is -2.43. The van der Waals surface area contributed by atoms with Crippen molar-refractivity contribution >= 4 is 38.7 Å². The standard InChI is InChI=1S/C29H37F2N5O3S2/c30-29(31)10-3-13-36(19-29)27-33-24(22-4-1-2-5-23(22)26(37)34-28(18-32)11-12-28)25(40-27)20-6-8-21(9-7-20)35-14-16-41(38,39)17-15-35/h6-9,22-23,38-39H,1-5,10-17,19H2,(H,34,37)/t22-,23-/m1/s1. The van der Waals surface area contributed by atoms with Crippen LogP contribution in [-0.4, -0.2) is 69.1 Å². The Bertz CT molecular complexity index is 1310. The Morgan fingerprint density at radius 3 is 2.41 bits per heavy atom. The molecule has 1 aromatic heterocycles. The number of aromatic nitrogens is 1. The van der Waals surface area contributed by atoms with Crippen LogP contribution in [0.1, 0.15) is 63.0 Å². The fourth-order valence-electron chi connectivity index (χ4n) is 6.34. The van der Waals surface area contributed by atoms with Crippen LogP contribution in [0.5, 0.6) is 0 Å². The highest BCUT2D eigenvalue weighted by atomic mass is 32.3. The molecule has 2 aliphatic carbocycles. The van der Waals surface area contributed by atoms with Crippen LogP contribution in [0, 0.1) is 17.2 Å². The van der Waals surface area contributed by atoms with E-state index < -0.39 is 22.1 Å². The molecule has 2 saturated carbocycles.